The van der Waals surface area contributed by atoms with E-state index in [0.717, 1.165) is 23.5 Å². The fourth-order valence-corrected chi connectivity index (χ4v) is 6.82. The number of hydrogen-bond acceptors (Lipinski definition) is 8. The van der Waals surface area contributed by atoms with Crippen LogP contribution < -0.4 is 9.62 Å². The van der Waals surface area contributed by atoms with E-state index < -0.39 is 12.4 Å². The van der Waals surface area contributed by atoms with E-state index in [4.69, 9.17) is 4.74 Å². The summed E-state index contributed by atoms with van der Waals surface area (Å²) in [6.07, 6.45) is 2.80. The van der Waals surface area contributed by atoms with Crippen LogP contribution in [0.2, 0.25) is 0 Å². The maximum absolute atomic E-state index is 9.83. The molecular formula is C29H33N3O3S2. The number of benzene rings is 2. The lowest BCUT2D eigenvalue weighted by Crippen LogP contribution is -2.39. The molecule has 2 unspecified atom stereocenters. The fraction of sp³-hybridized carbons (Fsp3) is 0.414. The van der Waals surface area contributed by atoms with Crippen LogP contribution in [0, 0.1) is 11.3 Å². The Bertz CT molecular complexity index is 1300. The Morgan fingerprint density at radius 1 is 1.08 bits per heavy atom. The molecule has 0 aliphatic carbocycles. The number of ether oxygens (including phenoxy) is 1. The third kappa shape index (κ3) is 6.37. The molecule has 2 saturated heterocycles. The average Bonchev–Trinajstić information content (AvgIpc) is 3.41. The van der Waals surface area contributed by atoms with Crippen LogP contribution in [0.25, 0.3) is 26.8 Å². The second kappa shape index (κ2) is 12.0. The number of allylic oxidation sites excluding steroid dienone is 2. The van der Waals surface area contributed by atoms with Gasteiger partial charge in [-0.3, -0.25) is 4.72 Å². The first-order chi connectivity index (χ1) is 18.0. The van der Waals surface area contributed by atoms with Crippen molar-refractivity contribution in [2.24, 2.45) is 0 Å². The first-order valence-electron chi connectivity index (χ1n) is 12.9. The molecule has 8 heteroatoms. The van der Waals surface area contributed by atoms with Gasteiger partial charge in [0.1, 0.15) is 11.0 Å². The van der Waals surface area contributed by atoms with Gasteiger partial charge in [0.25, 0.3) is 0 Å². The molecule has 0 radical (unpaired) electrons. The number of aliphatic hydroxyl groups excluding tert-OH is 2. The van der Waals surface area contributed by atoms with Gasteiger partial charge in [-0.15, -0.1) is 11.3 Å². The van der Waals surface area contributed by atoms with Crippen molar-refractivity contribution in [3.8, 4) is 16.5 Å². The molecule has 2 fully saturated rings. The van der Waals surface area contributed by atoms with Crippen LogP contribution in [0.4, 0.5) is 5.69 Å². The Labute approximate surface area is 226 Å². The van der Waals surface area contributed by atoms with Crippen molar-refractivity contribution in [1.29, 1.82) is 5.26 Å². The summed E-state index contributed by atoms with van der Waals surface area (Å²) in [7, 11) is 0. The molecule has 194 valence electrons. The second-order valence-electron chi connectivity index (χ2n) is 9.81. The van der Waals surface area contributed by atoms with Crippen molar-refractivity contribution in [2.75, 3.05) is 24.5 Å². The minimum Gasteiger partial charge on any atom is -0.393 e. The third-order valence-electron chi connectivity index (χ3n) is 7.09. The van der Waals surface area contributed by atoms with E-state index in [1.54, 1.807) is 11.3 Å². The van der Waals surface area contributed by atoms with Crippen LogP contribution in [-0.4, -0.2) is 48.3 Å². The van der Waals surface area contributed by atoms with E-state index in [0.29, 0.717) is 17.9 Å². The first kappa shape index (κ1) is 26.2. The number of aliphatic hydroxyl groups is 2. The van der Waals surface area contributed by atoms with Gasteiger partial charge in [-0.2, -0.15) is 5.26 Å². The van der Waals surface area contributed by atoms with Gasteiger partial charge in [0.15, 0.2) is 6.29 Å². The molecule has 3 atom stereocenters. The zero-order valence-electron chi connectivity index (χ0n) is 21.0. The zero-order chi connectivity index (χ0) is 25.8. The number of rotatable bonds is 7. The molecule has 0 amide bonds. The molecule has 3 aromatic rings. The first-order valence-corrected chi connectivity index (χ1v) is 14.5. The number of thiophene rings is 1. The highest BCUT2D eigenvalue weighted by Crippen LogP contribution is 2.36. The summed E-state index contributed by atoms with van der Waals surface area (Å²) < 4.78 is 8.63. The Kier molecular flexibility index (Phi) is 8.50. The van der Waals surface area contributed by atoms with Gasteiger partial charge in [0, 0.05) is 47.9 Å². The summed E-state index contributed by atoms with van der Waals surface area (Å²) in [5, 5.41) is 31.8. The van der Waals surface area contributed by atoms with Crippen molar-refractivity contribution in [1.82, 2.24) is 4.72 Å². The summed E-state index contributed by atoms with van der Waals surface area (Å²) in [5.41, 5.74) is 3.42. The normalized spacial score (nSPS) is 23.1. The van der Waals surface area contributed by atoms with Gasteiger partial charge in [0.2, 0.25) is 0 Å². The van der Waals surface area contributed by atoms with Crippen molar-refractivity contribution in [3.05, 3.63) is 58.3 Å². The molecule has 5 rings (SSSR count). The summed E-state index contributed by atoms with van der Waals surface area (Å²) in [4.78, 5) is 5.31. The number of nitrogens with one attached hydrogen (secondary N) is 1. The molecule has 1 aromatic heterocycles. The number of nitrogens with zero attached hydrogens (tertiary/aromatic N) is 2. The molecule has 2 aliphatic heterocycles. The average molecular weight is 536 g/mol. The van der Waals surface area contributed by atoms with Crippen LogP contribution in [0.1, 0.15) is 43.9 Å². The van der Waals surface area contributed by atoms with Gasteiger partial charge in [0.05, 0.1) is 12.2 Å². The van der Waals surface area contributed by atoms with Gasteiger partial charge < -0.3 is 19.8 Å². The van der Waals surface area contributed by atoms with Crippen LogP contribution in [0.3, 0.4) is 0 Å². The fourth-order valence-electron chi connectivity index (χ4n) is 5.03. The van der Waals surface area contributed by atoms with Gasteiger partial charge in [-0.25, -0.2) is 0 Å². The van der Waals surface area contributed by atoms with Crippen LogP contribution in [-0.2, 0) is 4.74 Å². The molecular weight excluding hydrogens is 502 g/mol. The maximum Gasteiger partial charge on any atom is 0.157 e. The van der Waals surface area contributed by atoms with Crippen LogP contribution in [0.15, 0.2) is 53.4 Å². The lowest BCUT2D eigenvalue weighted by molar-refractivity contribution is -0.186. The van der Waals surface area contributed by atoms with E-state index in [2.05, 4.69) is 64.2 Å². The number of hydrogen-bond donors (Lipinski definition) is 3. The predicted molar refractivity (Wildman–Crippen MR) is 153 cm³/mol. The summed E-state index contributed by atoms with van der Waals surface area (Å²) in [5.74, 6) is 0. The molecule has 2 aliphatic rings. The number of nitriles is 1. The highest BCUT2D eigenvalue weighted by molar-refractivity contribution is 8.01. The molecule has 0 saturated carbocycles. The van der Waals surface area contributed by atoms with Crippen molar-refractivity contribution in [2.45, 2.75) is 57.5 Å². The standard InChI is InChI=1S/C29H33N3O3S2/c1-19(28(17-30)37-31-18-25-15-24(33)16-29(34)35-25)26-9-10-27(36-26)22-6-5-21-14-23(8-7-20(21)13-22)32-11-3-2-4-12-32/h5-10,13-14,24-25,29,31,33-34H,2-4,11-12,15-16,18H2,1H3/b28-19+/t24?,25-,29?/m0/s1. The number of anilines is 1. The highest BCUT2D eigenvalue weighted by atomic mass is 32.2. The van der Waals surface area contributed by atoms with Crippen LogP contribution in [0.5, 0.6) is 0 Å². The molecule has 0 bridgehead atoms. The molecule has 0 spiro atoms. The monoisotopic (exact) mass is 535 g/mol. The summed E-state index contributed by atoms with van der Waals surface area (Å²) >= 11 is 2.95. The van der Waals surface area contributed by atoms with E-state index in [1.165, 1.54) is 58.1 Å². The Morgan fingerprint density at radius 3 is 2.65 bits per heavy atom. The molecule has 2 aromatic carbocycles. The molecule has 37 heavy (non-hydrogen) atoms. The topological polar surface area (TPSA) is 88.8 Å². The lowest BCUT2D eigenvalue weighted by atomic mass is 10.0. The van der Waals surface area contributed by atoms with E-state index in [-0.39, 0.29) is 12.5 Å². The van der Waals surface area contributed by atoms with Gasteiger partial charge in [-0.1, -0.05) is 18.2 Å². The largest absolute Gasteiger partial charge is 0.393 e. The van der Waals surface area contributed by atoms with Crippen molar-refractivity contribution < 1.29 is 14.9 Å². The second-order valence-corrected chi connectivity index (χ2v) is 11.8. The minimum absolute atomic E-state index is 0.240. The Balaban J connectivity index is 1.26. The quantitative estimate of drug-likeness (QED) is 0.256. The minimum atomic E-state index is -0.940. The molecule has 3 heterocycles. The summed E-state index contributed by atoms with van der Waals surface area (Å²) in [6.45, 7) is 4.69. The zero-order valence-corrected chi connectivity index (χ0v) is 22.7. The lowest BCUT2D eigenvalue weighted by Gasteiger charge is -2.30. The molecule has 3 N–H and O–H groups in total. The van der Waals surface area contributed by atoms with E-state index in [9.17, 15) is 15.5 Å². The number of fused-ring (bicyclic) bond motifs is 1. The van der Waals surface area contributed by atoms with Gasteiger partial charge in [-0.05, 0) is 90.4 Å². The predicted octanol–water partition coefficient (Wildman–Crippen LogP) is 5.91. The van der Waals surface area contributed by atoms with E-state index >= 15 is 0 Å². The third-order valence-corrected chi connectivity index (χ3v) is 9.26. The van der Waals surface area contributed by atoms with Crippen LogP contribution >= 0.6 is 23.3 Å². The van der Waals surface area contributed by atoms with Gasteiger partial charge >= 0.3 is 0 Å². The van der Waals surface area contributed by atoms with E-state index in [1.807, 2.05) is 6.92 Å². The van der Waals surface area contributed by atoms with Crippen molar-refractivity contribution >= 4 is 45.3 Å². The Morgan fingerprint density at radius 2 is 1.86 bits per heavy atom. The maximum atomic E-state index is 9.83. The smallest absolute Gasteiger partial charge is 0.157 e. The molecule has 6 nitrogen and oxygen atoms in total. The Hall–Kier alpha value is -2.38. The SMILES string of the molecule is C/C(=C(/C#N)SNC[C@@H]1CC(O)CC(O)O1)c1ccc(-c2ccc3cc(N4CCCCC4)ccc3c2)s1. The number of piperidine rings is 1. The highest BCUT2D eigenvalue weighted by Gasteiger charge is 2.26. The summed E-state index contributed by atoms with van der Waals surface area (Å²) in [6, 6.07) is 19.9. The van der Waals surface area contributed by atoms with Crippen molar-refractivity contribution in [3.63, 3.8) is 0 Å².